The number of rotatable bonds is 10. The van der Waals surface area contributed by atoms with E-state index in [0.717, 1.165) is 45.3 Å². The maximum atomic E-state index is 11.4. The first-order valence-electron chi connectivity index (χ1n) is 7.19. The predicted molar refractivity (Wildman–Crippen MR) is 77.7 cm³/mol. The molecule has 0 aliphatic rings. The van der Waals surface area contributed by atoms with Gasteiger partial charge in [0.25, 0.3) is 0 Å². The van der Waals surface area contributed by atoms with Gasteiger partial charge in [0.2, 0.25) is 5.91 Å². The van der Waals surface area contributed by atoms with Crippen molar-refractivity contribution in [3.05, 3.63) is 30.1 Å². The molecule has 1 amide bonds. The van der Waals surface area contributed by atoms with Crippen molar-refractivity contribution < 1.29 is 4.79 Å². The van der Waals surface area contributed by atoms with Crippen molar-refractivity contribution in [2.45, 2.75) is 45.6 Å². The van der Waals surface area contributed by atoms with Crippen molar-refractivity contribution >= 4 is 5.91 Å². The van der Waals surface area contributed by atoms with Gasteiger partial charge in [0.15, 0.2) is 0 Å². The van der Waals surface area contributed by atoms with E-state index in [4.69, 9.17) is 0 Å². The summed E-state index contributed by atoms with van der Waals surface area (Å²) in [6, 6.07) is 3.99. The Hall–Kier alpha value is -1.42. The van der Waals surface area contributed by atoms with Gasteiger partial charge < -0.3 is 10.6 Å². The van der Waals surface area contributed by atoms with Crippen molar-refractivity contribution in [3.8, 4) is 0 Å². The fourth-order valence-corrected chi connectivity index (χ4v) is 1.80. The van der Waals surface area contributed by atoms with E-state index in [0.29, 0.717) is 6.42 Å². The second-order valence-electron chi connectivity index (χ2n) is 4.70. The molecular weight excluding hydrogens is 238 g/mol. The summed E-state index contributed by atoms with van der Waals surface area (Å²) in [6.45, 7) is 4.64. The number of aromatic nitrogens is 1. The summed E-state index contributed by atoms with van der Waals surface area (Å²) in [5, 5.41) is 6.29. The van der Waals surface area contributed by atoms with E-state index in [1.165, 1.54) is 5.56 Å². The summed E-state index contributed by atoms with van der Waals surface area (Å²) in [5.74, 6) is 0.181. The fraction of sp³-hybridized carbons (Fsp3) is 0.600. The van der Waals surface area contributed by atoms with Gasteiger partial charge in [-0.15, -0.1) is 0 Å². The van der Waals surface area contributed by atoms with Crippen LogP contribution in [0, 0.1) is 0 Å². The molecule has 0 aliphatic heterocycles. The van der Waals surface area contributed by atoms with Crippen LogP contribution in [0.5, 0.6) is 0 Å². The van der Waals surface area contributed by atoms with Gasteiger partial charge in [-0.25, -0.2) is 0 Å². The van der Waals surface area contributed by atoms with Gasteiger partial charge >= 0.3 is 0 Å². The highest BCUT2D eigenvalue weighted by molar-refractivity contribution is 5.75. The molecule has 1 aromatic rings. The average molecular weight is 263 g/mol. The van der Waals surface area contributed by atoms with Gasteiger partial charge in [0.1, 0.15) is 0 Å². The highest BCUT2D eigenvalue weighted by atomic mass is 16.1. The number of carbonyl (C=O) groups excluding carboxylic acids is 1. The minimum atomic E-state index is 0.181. The molecule has 0 spiro atoms. The van der Waals surface area contributed by atoms with E-state index in [-0.39, 0.29) is 5.91 Å². The third kappa shape index (κ3) is 8.32. The van der Waals surface area contributed by atoms with Crippen molar-refractivity contribution in [3.63, 3.8) is 0 Å². The number of hydrogen-bond acceptors (Lipinski definition) is 3. The average Bonchev–Trinajstić information content (AvgIpc) is 2.44. The molecular formula is C15H25N3O. The van der Waals surface area contributed by atoms with E-state index >= 15 is 0 Å². The number of pyridine rings is 1. The molecule has 0 atom stereocenters. The molecule has 4 nitrogen and oxygen atoms in total. The fourth-order valence-electron chi connectivity index (χ4n) is 1.80. The van der Waals surface area contributed by atoms with Gasteiger partial charge in [0, 0.05) is 31.9 Å². The van der Waals surface area contributed by atoms with Crippen LogP contribution in [-0.4, -0.2) is 24.0 Å². The van der Waals surface area contributed by atoms with Crippen molar-refractivity contribution in [2.75, 3.05) is 13.1 Å². The molecule has 0 aliphatic carbocycles. The monoisotopic (exact) mass is 263 g/mol. The molecule has 4 heteroatoms. The zero-order chi connectivity index (χ0) is 13.8. The second kappa shape index (κ2) is 10.5. The molecule has 1 heterocycles. The third-order valence-electron chi connectivity index (χ3n) is 2.91. The summed E-state index contributed by atoms with van der Waals surface area (Å²) in [4.78, 5) is 15.5. The summed E-state index contributed by atoms with van der Waals surface area (Å²) < 4.78 is 0. The SMILES string of the molecule is CCCCCC(=O)NCCCNCc1cccnc1. The number of unbranched alkanes of at least 4 members (excludes halogenated alkanes) is 2. The van der Waals surface area contributed by atoms with Gasteiger partial charge in [-0.1, -0.05) is 25.8 Å². The van der Waals surface area contributed by atoms with Crippen LogP contribution >= 0.6 is 0 Å². The number of nitrogens with zero attached hydrogens (tertiary/aromatic N) is 1. The highest BCUT2D eigenvalue weighted by Crippen LogP contribution is 1.98. The second-order valence-corrected chi connectivity index (χ2v) is 4.70. The molecule has 1 rings (SSSR count). The smallest absolute Gasteiger partial charge is 0.219 e. The zero-order valence-corrected chi connectivity index (χ0v) is 11.8. The van der Waals surface area contributed by atoms with Crippen LogP contribution in [0.25, 0.3) is 0 Å². The lowest BCUT2D eigenvalue weighted by Gasteiger charge is -2.06. The molecule has 0 unspecified atom stereocenters. The van der Waals surface area contributed by atoms with Crippen LogP contribution in [0.3, 0.4) is 0 Å². The van der Waals surface area contributed by atoms with Gasteiger partial charge in [-0.3, -0.25) is 9.78 Å². The van der Waals surface area contributed by atoms with E-state index < -0.39 is 0 Å². The number of nitrogens with one attached hydrogen (secondary N) is 2. The van der Waals surface area contributed by atoms with Gasteiger partial charge in [0.05, 0.1) is 0 Å². The Bertz CT molecular complexity index is 341. The van der Waals surface area contributed by atoms with E-state index in [1.54, 1.807) is 6.20 Å². The summed E-state index contributed by atoms with van der Waals surface area (Å²) in [6.07, 6.45) is 8.56. The van der Waals surface area contributed by atoms with Crippen LogP contribution in [-0.2, 0) is 11.3 Å². The van der Waals surface area contributed by atoms with Crippen molar-refractivity contribution in [1.82, 2.24) is 15.6 Å². The van der Waals surface area contributed by atoms with Gasteiger partial charge in [-0.05, 0) is 31.0 Å². The Labute approximate surface area is 116 Å². The maximum Gasteiger partial charge on any atom is 0.219 e. The summed E-state index contributed by atoms with van der Waals surface area (Å²) in [7, 11) is 0. The first-order valence-corrected chi connectivity index (χ1v) is 7.19. The minimum absolute atomic E-state index is 0.181. The number of amides is 1. The standard InChI is InChI=1S/C15H25N3O/c1-2-3-4-8-15(19)18-11-6-10-17-13-14-7-5-9-16-12-14/h5,7,9,12,17H,2-4,6,8,10-11,13H2,1H3,(H,18,19). The van der Waals surface area contributed by atoms with Crippen LogP contribution in [0.4, 0.5) is 0 Å². The number of hydrogen-bond donors (Lipinski definition) is 2. The normalized spacial score (nSPS) is 10.4. The molecule has 19 heavy (non-hydrogen) atoms. The maximum absolute atomic E-state index is 11.4. The lowest BCUT2D eigenvalue weighted by atomic mass is 10.2. The number of carbonyl (C=O) groups is 1. The highest BCUT2D eigenvalue weighted by Gasteiger charge is 1.99. The Morgan fingerprint density at radius 3 is 2.89 bits per heavy atom. The molecule has 0 aromatic carbocycles. The Balaban J connectivity index is 1.92. The summed E-state index contributed by atoms with van der Waals surface area (Å²) in [5.41, 5.74) is 1.19. The molecule has 0 saturated heterocycles. The molecule has 0 radical (unpaired) electrons. The lowest BCUT2D eigenvalue weighted by molar-refractivity contribution is -0.121. The topological polar surface area (TPSA) is 54.0 Å². The van der Waals surface area contributed by atoms with Crippen LogP contribution in [0.2, 0.25) is 0 Å². The molecule has 1 aromatic heterocycles. The molecule has 0 fully saturated rings. The Morgan fingerprint density at radius 2 is 2.16 bits per heavy atom. The minimum Gasteiger partial charge on any atom is -0.356 e. The molecule has 0 bridgehead atoms. The Kier molecular flexibility index (Phi) is 8.64. The van der Waals surface area contributed by atoms with Crippen molar-refractivity contribution in [1.29, 1.82) is 0 Å². The zero-order valence-electron chi connectivity index (χ0n) is 11.8. The predicted octanol–water partition coefficient (Wildman–Crippen LogP) is 2.26. The van der Waals surface area contributed by atoms with E-state index in [1.807, 2.05) is 12.3 Å². The van der Waals surface area contributed by atoms with Crippen LogP contribution in [0.15, 0.2) is 24.5 Å². The first-order chi connectivity index (χ1) is 9.33. The van der Waals surface area contributed by atoms with Crippen LogP contribution in [0.1, 0.15) is 44.6 Å². The van der Waals surface area contributed by atoms with Crippen molar-refractivity contribution in [2.24, 2.45) is 0 Å². The molecule has 2 N–H and O–H groups in total. The Morgan fingerprint density at radius 1 is 1.26 bits per heavy atom. The quantitative estimate of drug-likeness (QED) is 0.637. The first kappa shape index (κ1) is 15.6. The van der Waals surface area contributed by atoms with Crippen LogP contribution < -0.4 is 10.6 Å². The van der Waals surface area contributed by atoms with E-state index in [2.05, 4.69) is 28.6 Å². The summed E-state index contributed by atoms with van der Waals surface area (Å²) >= 11 is 0. The molecule has 0 saturated carbocycles. The lowest BCUT2D eigenvalue weighted by Crippen LogP contribution is -2.27. The van der Waals surface area contributed by atoms with E-state index in [9.17, 15) is 4.79 Å². The molecule has 106 valence electrons. The van der Waals surface area contributed by atoms with Gasteiger partial charge in [-0.2, -0.15) is 0 Å². The largest absolute Gasteiger partial charge is 0.356 e. The third-order valence-corrected chi connectivity index (χ3v) is 2.91.